The number of anilines is 1. The van der Waals surface area contributed by atoms with Crippen molar-refractivity contribution in [3.8, 4) is 0 Å². The standard InChI is InChI=1S/C22H28ClN3O4/c1-13-5-10-16-18(17(13)20(28)24-2)22(30)26(11-3-4-12-27)19(16)21(29)25-15-8-6-14(23)7-9-15/h5-10,13,16-19,27H,3-4,11-12H2,1-2H3,(H,24,28)(H,25,29)/t13-,16+,17-,18+,19+/m1/s1. The molecule has 3 N–H and O–H groups in total. The summed E-state index contributed by atoms with van der Waals surface area (Å²) in [5.74, 6) is -2.27. The van der Waals surface area contributed by atoms with E-state index in [1.54, 1.807) is 36.2 Å². The van der Waals surface area contributed by atoms with Crippen LogP contribution in [-0.2, 0) is 14.4 Å². The highest BCUT2D eigenvalue weighted by atomic mass is 35.5. The maximum atomic E-state index is 13.4. The van der Waals surface area contributed by atoms with Gasteiger partial charge in [-0.15, -0.1) is 0 Å². The lowest BCUT2D eigenvalue weighted by atomic mass is 9.70. The predicted molar refractivity (Wildman–Crippen MR) is 115 cm³/mol. The van der Waals surface area contributed by atoms with Gasteiger partial charge in [-0.25, -0.2) is 0 Å². The quantitative estimate of drug-likeness (QED) is 0.452. The summed E-state index contributed by atoms with van der Waals surface area (Å²) >= 11 is 5.92. The molecule has 3 rings (SSSR count). The van der Waals surface area contributed by atoms with E-state index in [2.05, 4.69) is 10.6 Å². The molecular weight excluding hydrogens is 406 g/mol. The largest absolute Gasteiger partial charge is 0.396 e. The molecule has 8 heteroatoms. The SMILES string of the molecule is CNC(=O)[C@H]1[C@H]2C(=O)N(CCCCO)[C@H](C(=O)Nc3ccc(Cl)cc3)[C@H]2C=C[C@H]1C. The van der Waals surface area contributed by atoms with Gasteiger partial charge in [-0.3, -0.25) is 14.4 Å². The molecule has 1 fully saturated rings. The number of aliphatic hydroxyl groups excluding tert-OH is 1. The first-order chi connectivity index (χ1) is 14.4. The molecule has 0 bridgehead atoms. The number of carbonyl (C=O) groups excluding carboxylic acids is 3. The van der Waals surface area contributed by atoms with Gasteiger partial charge in [0, 0.05) is 36.8 Å². The van der Waals surface area contributed by atoms with Gasteiger partial charge in [0.25, 0.3) is 0 Å². The molecular formula is C22H28ClN3O4. The Balaban J connectivity index is 1.91. The maximum absolute atomic E-state index is 13.4. The number of nitrogens with zero attached hydrogens (tertiary/aromatic N) is 1. The van der Waals surface area contributed by atoms with E-state index < -0.39 is 23.8 Å². The Morgan fingerprint density at radius 2 is 1.83 bits per heavy atom. The summed E-state index contributed by atoms with van der Waals surface area (Å²) in [6.45, 7) is 2.29. The first-order valence-electron chi connectivity index (χ1n) is 10.3. The number of hydrogen-bond donors (Lipinski definition) is 3. The molecule has 7 nitrogen and oxygen atoms in total. The van der Waals surface area contributed by atoms with Crippen molar-refractivity contribution in [3.63, 3.8) is 0 Å². The van der Waals surface area contributed by atoms with Gasteiger partial charge >= 0.3 is 0 Å². The number of hydrogen-bond acceptors (Lipinski definition) is 4. The normalized spacial score (nSPS) is 27.7. The fourth-order valence-electron chi connectivity index (χ4n) is 4.54. The number of halogens is 1. The number of aliphatic hydroxyl groups is 1. The number of likely N-dealkylation sites (tertiary alicyclic amines) is 1. The summed E-state index contributed by atoms with van der Waals surface area (Å²) in [4.78, 5) is 40.8. The van der Waals surface area contributed by atoms with Crippen molar-refractivity contribution in [2.45, 2.75) is 25.8 Å². The molecule has 1 aliphatic heterocycles. The van der Waals surface area contributed by atoms with E-state index in [1.165, 1.54) is 0 Å². The highest BCUT2D eigenvalue weighted by Crippen LogP contribution is 2.44. The Hall–Kier alpha value is -2.38. The number of fused-ring (bicyclic) bond motifs is 1. The molecule has 5 atom stereocenters. The average Bonchev–Trinajstić information content (AvgIpc) is 3.01. The van der Waals surface area contributed by atoms with Crippen LogP contribution < -0.4 is 10.6 Å². The van der Waals surface area contributed by atoms with Crippen molar-refractivity contribution in [1.82, 2.24) is 10.2 Å². The number of allylic oxidation sites excluding steroid dienone is 1. The van der Waals surface area contributed by atoms with Gasteiger partial charge in [0.15, 0.2) is 0 Å². The van der Waals surface area contributed by atoms with E-state index in [0.717, 1.165) is 0 Å². The number of benzene rings is 1. The summed E-state index contributed by atoms with van der Waals surface area (Å²) < 4.78 is 0. The Morgan fingerprint density at radius 1 is 1.13 bits per heavy atom. The lowest BCUT2D eigenvalue weighted by Crippen LogP contribution is -2.45. The monoisotopic (exact) mass is 433 g/mol. The summed E-state index contributed by atoms with van der Waals surface area (Å²) in [6, 6.07) is 6.06. The third-order valence-corrected chi connectivity index (χ3v) is 6.26. The van der Waals surface area contributed by atoms with Crippen molar-refractivity contribution in [3.05, 3.63) is 41.4 Å². The molecule has 0 unspecified atom stereocenters. The van der Waals surface area contributed by atoms with Crippen LogP contribution in [0.1, 0.15) is 19.8 Å². The smallest absolute Gasteiger partial charge is 0.247 e. The van der Waals surface area contributed by atoms with E-state index in [1.807, 2.05) is 19.1 Å². The summed E-state index contributed by atoms with van der Waals surface area (Å²) in [6.07, 6.45) is 4.95. The predicted octanol–water partition coefficient (Wildman–Crippen LogP) is 2.06. The molecule has 1 saturated heterocycles. The van der Waals surface area contributed by atoms with Gasteiger partial charge in [-0.1, -0.05) is 30.7 Å². The molecule has 1 aromatic carbocycles. The van der Waals surface area contributed by atoms with Crippen LogP contribution in [0.2, 0.25) is 5.02 Å². The molecule has 162 valence electrons. The van der Waals surface area contributed by atoms with Crippen LogP contribution >= 0.6 is 11.6 Å². The van der Waals surface area contributed by atoms with Crippen molar-refractivity contribution in [2.75, 3.05) is 25.5 Å². The van der Waals surface area contributed by atoms with Crippen molar-refractivity contribution in [2.24, 2.45) is 23.7 Å². The zero-order valence-corrected chi connectivity index (χ0v) is 17.9. The Morgan fingerprint density at radius 3 is 2.47 bits per heavy atom. The first kappa shape index (κ1) is 22.3. The Kier molecular flexibility index (Phi) is 7.15. The van der Waals surface area contributed by atoms with Crippen LogP contribution in [-0.4, -0.2) is 54.0 Å². The minimum atomic E-state index is -0.715. The molecule has 0 radical (unpaired) electrons. The number of unbranched alkanes of at least 4 members (excludes halogenated alkanes) is 1. The summed E-state index contributed by atoms with van der Waals surface area (Å²) in [5, 5.41) is 15.2. The van der Waals surface area contributed by atoms with Gasteiger partial charge in [-0.05, 0) is 43.0 Å². The Bertz CT molecular complexity index is 826. The second-order valence-electron chi connectivity index (χ2n) is 7.89. The van der Waals surface area contributed by atoms with Crippen LogP contribution in [0.4, 0.5) is 5.69 Å². The fraction of sp³-hybridized carbons (Fsp3) is 0.500. The Labute approximate surface area is 181 Å². The average molecular weight is 434 g/mol. The van der Waals surface area contributed by atoms with E-state index in [4.69, 9.17) is 16.7 Å². The third-order valence-electron chi connectivity index (χ3n) is 6.01. The van der Waals surface area contributed by atoms with E-state index in [9.17, 15) is 14.4 Å². The van der Waals surface area contributed by atoms with Crippen LogP contribution in [0, 0.1) is 23.7 Å². The van der Waals surface area contributed by atoms with Crippen LogP contribution in [0.15, 0.2) is 36.4 Å². The van der Waals surface area contributed by atoms with Crippen LogP contribution in [0.3, 0.4) is 0 Å². The molecule has 0 saturated carbocycles. The molecule has 3 amide bonds. The summed E-state index contributed by atoms with van der Waals surface area (Å²) in [7, 11) is 1.56. The lowest BCUT2D eigenvalue weighted by molar-refractivity contribution is -0.140. The second kappa shape index (κ2) is 9.62. The van der Waals surface area contributed by atoms with Gasteiger partial charge in [-0.2, -0.15) is 0 Å². The molecule has 0 spiro atoms. The number of rotatable bonds is 7. The van der Waals surface area contributed by atoms with Crippen molar-refractivity contribution in [1.29, 1.82) is 0 Å². The summed E-state index contributed by atoms with van der Waals surface area (Å²) in [5.41, 5.74) is 0.589. The van der Waals surface area contributed by atoms with E-state index in [0.29, 0.717) is 30.1 Å². The fourth-order valence-corrected chi connectivity index (χ4v) is 4.67. The van der Waals surface area contributed by atoms with E-state index in [-0.39, 0.29) is 30.2 Å². The second-order valence-corrected chi connectivity index (χ2v) is 8.33. The van der Waals surface area contributed by atoms with Crippen molar-refractivity contribution >= 4 is 35.0 Å². The van der Waals surface area contributed by atoms with Gasteiger partial charge in [0.2, 0.25) is 17.7 Å². The highest BCUT2D eigenvalue weighted by Gasteiger charge is 2.56. The third kappa shape index (κ3) is 4.37. The number of carbonyl (C=O) groups is 3. The van der Waals surface area contributed by atoms with Gasteiger partial charge < -0.3 is 20.6 Å². The van der Waals surface area contributed by atoms with Crippen LogP contribution in [0.25, 0.3) is 0 Å². The van der Waals surface area contributed by atoms with Crippen molar-refractivity contribution < 1.29 is 19.5 Å². The maximum Gasteiger partial charge on any atom is 0.247 e. The highest BCUT2D eigenvalue weighted by molar-refractivity contribution is 6.30. The van der Waals surface area contributed by atoms with Gasteiger partial charge in [0.05, 0.1) is 11.8 Å². The molecule has 1 aromatic rings. The minimum absolute atomic E-state index is 0.0222. The molecule has 1 aliphatic carbocycles. The zero-order valence-electron chi connectivity index (χ0n) is 17.2. The van der Waals surface area contributed by atoms with E-state index >= 15 is 0 Å². The molecule has 30 heavy (non-hydrogen) atoms. The lowest BCUT2D eigenvalue weighted by Gasteiger charge is -2.32. The number of nitrogens with one attached hydrogen (secondary N) is 2. The van der Waals surface area contributed by atoms with Crippen LogP contribution in [0.5, 0.6) is 0 Å². The molecule has 2 aliphatic rings. The zero-order chi connectivity index (χ0) is 21.8. The molecule has 0 aromatic heterocycles. The minimum Gasteiger partial charge on any atom is -0.396 e. The first-order valence-corrected chi connectivity index (χ1v) is 10.6. The van der Waals surface area contributed by atoms with Gasteiger partial charge in [0.1, 0.15) is 6.04 Å². The topological polar surface area (TPSA) is 98.7 Å². The molecule has 1 heterocycles. The number of amides is 3.